The molecule has 2 bridgehead atoms. The minimum atomic E-state index is -0.118. The molecular formula is C12H21NO2. The lowest BCUT2D eigenvalue weighted by atomic mass is 9.95. The summed E-state index contributed by atoms with van der Waals surface area (Å²) in [6.07, 6.45) is 5.39. The molecule has 0 amide bonds. The van der Waals surface area contributed by atoms with Crippen molar-refractivity contribution in [3.63, 3.8) is 0 Å². The minimum absolute atomic E-state index is 0.000621. The van der Waals surface area contributed by atoms with Gasteiger partial charge in [0.25, 0.3) is 0 Å². The SMILES string of the molecule is CC(C)OC(=O)CNC1CC2CCC1C2. The van der Waals surface area contributed by atoms with Crippen molar-refractivity contribution in [2.75, 3.05) is 6.54 Å². The van der Waals surface area contributed by atoms with E-state index in [0.29, 0.717) is 12.6 Å². The molecule has 2 fully saturated rings. The van der Waals surface area contributed by atoms with Crippen LogP contribution < -0.4 is 5.32 Å². The zero-order chi connectivity index (χ0) is 10.8. The minimum Gasteiger partial charge on any atom is -0.462 e. The second-order valence-corrected chi connectivity index (χ2v) is 5.20. The summed E-state index contributed by atoms with van der Waals surface area (Å²) >= 11 is 0. The summed E-state index contributed by atoms with van der Waals surface area (Å²) in [6, 6.07) is 0.573. The molecule has 2 rings (SSSR count). The Balaban J connectivity index is 1.68. The average molecular weight is 211 g/mol. The Morgan fingerprint density at radius 3 is 2.73 bits per heavy atom. The smallest absolute Gasteiger partial charge is 0.320 e. The first-order valence-corrected chi connectivity index (χ1v) is 6.08. The van der Waals surface area contributed by atoms with Crippen molar-refractivity contribution < 1.29 is 9.53 Å². The Labute approximate surface area is 91.6 Å². The van der Waals surface area contributed by atoms with Gasteiger partial charge in [-0.1, -0.05) is 6.42 Å². The van der Waals surface area contributed by atoms with E-state index in [9.17, 15) is 4.79 Å². The summed E-state index contributed by atoms with van der Waals surface area (Å²) in [6.45, 7) is 4.15. The van der Waals surface area contributed by atoms with Gasteiger partial charge in [-0.2, -0.15) is 0 Å². The lowest BCUT2D eigenvalue weighted by Crippen LogP contribution is -2.38. The molecule has 0 aromatic rings. The zero-order valence-electron chi connectivity index (χ0n) is 9.66. The van der Waals surface area contributed by atoms with E-state index in [-0.39, 0.29) is 12.1 Å². The van der Waals surface area contributed by atoms with Gasteiger partial charge in [0, 0.05) is 6.04 Å². The third kappa shape index (κ3) is 2.71. The molecule has 2 aliphatic carbocycles. The summed E-state index contributed by atoms with van der Waals surface area (Å²) in [5.74, 6) is 1.63. The van der Waals surface area contributed by atoms with Crippen LogP contribution in [0.2, 0.25) is 0 Å². The third-order valence-electron chi connectivity index (χ3n) is 3.61. The van der Waals surface area contributed by atoms with E-state index in [1.54, 1.807) is 0 Å². The van der Waals surface area contributed by atoms with Gasteiger partial charge >= 0.3 is 5.97 Å². The lowest BCUT2D eigenvalue weighted by molar-refractivity contribution is -0.146. The Hall–Kier alpha value is -0.570. The highest BCUT2D eigenvalue weighted by Gasteiger charge is 2.39. The fourth-order valence-corrected chi connectivity index (χ4v) is 3.01. The lowest BCUT2D eigenvalue weighted by Gasteiger charge is -2.22. The van der Waals surface area contributed by atoms with Gasteiger partial charge in [0.15, 0.2) is 0 Å². The average Bonchev–Trinajstić information content (AvgIpc) is 2.74. The van der Waals surface area contributed by atoms with Gasteiger partial charge in [-0.25, -0.2) is 0 Å². The first-order valence-electron chi connectivity index (χ1n) is 6.08. The normalized spacial score (nSPS) is 33.7. The van der Waals surface area contributed by atoms with Crippen LogP contribution >= 0.6 is 0 Å². The van der Waals surface area contributed by atoms with Gasteiger partial charge in [-0.3, -0.25) is 4.79 Å². The van der Waals surface area contributed by atoms with E-state index in [0.717, 1.165) is 11.8 Å². The van der Waals surface area contributed by atoms with Crippen LogP contribution in [0, 0.1) is 11.8 Å². The van der Waals surface area contributed by atoms with Crippen LogP contribution in [-0.4, -0.2) is 24.7 Å². The van der Waals surface area contributed by atoms with E-state index in [2.05, 4.69) is 5.32 Å². The first-order chi connectivity index (χ1) is 7.15. The van der Waals surface area contributed by atoms with E-state index >= 15 is 0 Å². The molecule has 0 aromatic carbocycles. The molecule has 0 aromatic heterocycles. The molecule has 1 N–H and O–H groups in total. The highest BCUT2D eigenvalue weighted by molar-refractivity contribution is 5.71. The van der Waals surface area contributed by atoms with Crippen LogP contribution in [0.1, 0.15) is 39.5 Å². The van der Waals surface area contributed by atoms with E-state index in [4.69, 9.17) is 4.74 Å². The number of carbonyl (C=O) groups is 1. The quantitative estimate of drug-likeness (QED) is 0.719. The maximum atomic E-state index is 11.3. The Bertz CT molecular complexity index is 240. The van der Waals surface area contributed by atoms with Crippen molar-refractivity contribution in [3.05, 3.63) is 0 Å². The summed E-state index contributed by atoms with van der Waals surface area (Å²) in [7, 11) is 0. The highest BCUT2D eigenvalue weighted by Crippen LogP contribution is 2.44. The number of nitrogens with one attached hydrogen (secondary N) is 1. The van der Waals surface area contributed by atoms with Crippen LogP contribution in [0.4, 0.5) is 0 Å². The summed E-state index contributed by atoms with van der Waals surface area (Å²) < 4.78 is 5.09. The standard InChI is InChI=1S/C12H21NO2/c1-8(2)15-12(14)7-13-11-6-9-3-4-10(11)5-9/h8-11,13H,3-7H2,1-2H3. The number of esters is 1. The monoisotopic (exact) mass is 211 g/mol. The number of fused-ring (bicyclic) bond motifs is 2. The predicted octanol–water partition coefficient (Wildman–Crippen LogP) is 1.72. The molecule has 0 aliphatic heterocycles. The fraction of sp³-hybridized carbons (Fsp3) is 0.917. The van der Waals surface area contributed by atoms with Gasteiger partial charge in [0.2, 0.25) is 0 Å². The summed E-state index contributed by atoms with van der Waals surface area (Å²) in [4.78, 5) is 11.3. The first kappa shape index (κ1) is 10.9. The van der Waals surface area contributed by atoms with Crippen molar-refractivity contribution in [1.82, 2.24) is 5.32 Å². The van der Waals surface area contributed by atoms with Crippen molar-refractivity contribution in [3.8, 4) is 0 Å². The number of rotatable bonds is 4. The molecule has 3 heteroatoms. The molecule has 86 valence electrons. The van der Waals surface area contributed by atoms with Crippen LogP contribution in [0.15, 0.2) is 0 Å². The molecule has 0 radical (unpaired) electrons. The number of hydrogen-bond acceptors (Lipinski definition) is 3. The zero-order valence-corrected chi connectivity index (χ0v) is 9.66. The van der Waals surface area contributed by atoms with Crippen molar-refractivity contribution >= 4 is 5.97 Å². The maximum absolute atomic E-state index is 11.3. The predicted molar refractivity (Wildman–Crippen MR) is 58.5 cm³/mol. The molecule has 3 atom stereocenters. The second-order valence-electron chi connectivity index (χ2n) is 5.20. The highest BCUT2D eigenvalue weighted by atomic mass is 16.5. The topological polar surface area (TPSA) is 38.3 Å². The summed E-state index contributed by atoms with van der Waals surface area (Å²) in [5, 5.41) is 3.34. The molecule has 0 spiro atoms. The van der Waals surface area contributed by atoms with Gasteiger partial charge in [-0.05, 0) is 44.9 Å². The molecule has 3 unspecified atom stereocenters. The number of carbonyl (C=O) groups excluding carboxylic acids is 1. The molecule has 0 saturated heterocycles. The molecule has 3 nitrogen and oxygen atoms in total. The van der Waals surface area contributed by atoms with Gasteiger partial charge in [-0.15, -0.1) is 0 Å². The van der Waals surface area contributed by atoms with Crippen LogP contribution in [0.5, 0.6) is 0 Å². The second kappa shape index (κ2) is 4.52. The molecule has 15 heavy (non-hydrogen) atoms. The fourth-order valence-electron chi connectivity index (χ4n) is 3.01. The van der Waals surface area contributed by atoms with Gasteiger partial charge in [0.05, 0.1) is 12.6 Å². The third-order valence-corrected chi connectivity index (χ3v) is 3.61. The largest absolute Gasteiger partial charge is 0.462 e. The summed E-state index contributed by atoms with van der Waals surface area (Å²) in [5.41, 5.74) is 0. The Morgan fingerprint density at radius 2 is 2.20 bits per heavy atom. The van der Waals surface area contributed by atoms with E-state index < -0.39 is 0 Å². The number of hydrogen-bond donors (Lipinski definition) is 1. The van der Waals surface area contributed by atoms with Gasteiger partial charge < -0.3 is 10.1 Å². The molecular weight excluding hydrogens is 190 g/mol. The Morgan fingerprint density at radius 1 is 1.40 bits per heavy atom. The van der Waals surface area contributed by atoms with Crippen molar-refractivity contribution in [1.29, 1.82) is 0 Å². The van der Waals surface area contributed by atoms with E-state index in [1.165, 1.54) is 25.7 Å². The number of ether oxygens (including phenoxy) is 1. The van der Waals surface area contributed by atoms with Crippen molar-refractivity contribution in [2.24, 2.45) is 11.8 Å². The maximum Gasteiger partial charge on any atom is 0.320 e. The Kier molecular flexibility index (Phi) is 3.29. The molecule has 2 saturated carbocycles. The van der Waals surface area contributed by atoms with Gasteiger partial charge in [0.1, 0.15) is 0 Å². The van der Waals surface area contributed by atoms with Crippen molar-refractivity contribution in [2.45, 2.75) is 51.7 Å². The molecule has 0 heterocycles. The van der Waals surface area contributed by atoms with Crippen LogP contribution in [-0.2, 0) is 9.53 Å². The van der Waals surface area contributed by atoms with Crippen LogP contribution in [0.3, 0.4) is 0 Å². The molecule has 2 aliphatic rings. The van der Waals surface area contributed by atoms with Crippen LogP contribution in [0.25, 0.3) is 0 Å². The van der Waals surface area contributed by atoms with E-state index in [1.807, 2.05) is 13.8 Å².